The normalized spacial score (nSPS) is 15.8. The number of aryl methyl sites for hydroxylation is 1. The smallest absolute Gasteiger partial charge is 0.148 e. The molecule has 1 N–H and O–H groups in total. The summed E-state index contributed by atoms with van der Waals surface area (Å²) in [6, 6.07) is 2.09. The molecule has 1 aliphatic carbocycles. The van der Waals surface area contributed by atoms with Crippen molar-refractivity contribution in [2.24, 2.45) is 0 Å². The van der Waals surface area contributed by atoms with E-state index in [4.69, 9.17) is 0 Å². The summed E-state index contributed by atoms with van der Waals surface area (Å²) in [7, 11) is 0. The predicted octanol–water partition coefficient (Wildman–Crippen LogP) is 2.09. The third-order valence-corrected chi connectivity index (χ3v) is 2.34. The van der Waals surface area contributed by atoms with Crippen LogP contribution in [0.4, 0.5) is 5.82 Å². The maximum Gasteiger partial charge on any atom is 0.148 e. The van der Waals surface area contributed by atoms with Crippen molar-refractivity contribution in [2.45, 2.75) is 32.6 Å². The molecule has 1 aromatic heterocycles. The molecule has 0 aromatic carbocycles. The van der Waals surface area contributed by atoms with Gasteiger partial charge in [-0.25, -0.2) is 0 Å². The van der Waals surface area contributed by atoms with Crippen LogP contribution in [0.3, 0.4) is 0 Å². The standard InChI is InChI=1S/C10H15N3/c1-3-11-9-6-7(2)10(13-12-9)8-4-5-8/h6,8H,3-5H2,1-2H3,(H,11,12). The Morgan fingerprint density at radius 2 is 2.23 bits per heavy atom. The lowest BCUT2D eigenvalue weighted by atomic mass is 10.1. The lowest BCUT2D eigenvalue weighted by Crippen LogP contribution is -2.03. The number of anilines is 1. The highest BCUT2D eigenvalue weighted by molar-refractivity contribution is 5.39. The summed E-state index contributed by atoms with van der Waals surface area (Å²) in [4.78, 5) is 0. The van der Waals surface area contributed by atoms with E-state index in [-0.39, 0.29) is 0 Å². The van der Waals surface area contributed by atoms with Crippen molar-refractivity contribution < 1.29 is 0 Å². The molecule has 0 atom stereocenters. The first kappa shape index (κ1) is 8.48. The number of nitrogens with one attached hydrogen (secondary N) is 1. The fourth-order valence-corrected chi connectivity index (χ4v) is 1.52. The molecular formula is C10H15N3. The summed E-state index contributed by atoms with van der Waals surface area (Å²) in [6.07, 6.45) is 2.58. The molecule has 2 rings (SSSR count). The van der Waals surface area contributed by atoms with Gasteiger partial charge in [0.25, 0.3) is 0 Å². The maximum atomic E-state index is 4.25. The van der Waals surface area contributed by atoms with Crippen molar-refractivity contribution in [3.05, 3.63) is 17.3 Å². The Morgan fingerprint density at radius 3 is 2.77 bits per heavy atom. The van der Waals surface area contributed by atoms with Gasteiger partial charge in [0, 0.05) is 12.5 Å². The molecule has 0 amide bonds. The Bertz CT molecular complexity index is 305. The number of aromatic nitrogens is 2. The van der Waals surface area contributed by atoms with E-state index < -0.39 is 0 Å². The molecule has 1 saturated carbocycles. The lowest BCUT2D eigenvalue weighted by molar-refractivity contribution is 0.890. The van der Waals surface area contributed by atoms with E-state index >= 15 is 0 Å². The molecule has 1 heterocycles. The second-order valence-electron chi connectivity index (χ2n) is 3.60. The molecule has 0 aliphatic heterocycles. The molecule has 0 bridgehead atoms. The SMILES string of the molecule is CCNc1cc(C)c(C2CC2)nn1. The van der Waals surface area contributed by atoms with E-state index in [1.807, 2.05) is 0 Å². The summed E-state index contributed by atoms with van der Waals surface area (Å²) in [5, 5.41) is 11.5. The van der Waals surface area contributed by atoms with Crippen molar-refractivity contribution in [2.75, 3.05) is 11.9 Å². The fourth-order valence-electron chi connectivity index (χ4n) is 1.52. The highest BCUT2D eigenvalue weighted by Gasteiger charge is 2.27. The largest absolute Gasteiger partial charge is 0.369 e. The van der Waals surface area contributed by atoms with Gasteiger partial charge in [0.2, 0.25) is 0 Å². The molecule has 13 heavy (non-hydrogen) atoms. The minimum atomic E-state index is 0.697. The van der Waals surface area contributed by atoms with E-state index in [0.717, 1.165) is 12.4 Å². The second-order valence-corrected chi connectivity index (χ2v) is 3.60. The number of hydrogen-bond acceptors (Lipinski definition) is 3. The topological polar surface area (TPSA) is 37.8 Å². The van der Waals surface area contributed by atoms with E-state index in [0.29, 0.717) is 5.92 Å². The Kier molecular flexibility index (Phi) is 2.17. The van der Waals surface area contributed by atoms with Crippen LogP contribution in [0, 0.1) is 6.92 Å². The summed E-state index contributed by atoms with van der Waals surface area (Å²) in [5.41, 5.74) is 2.47. The zero-order valence-corrected chi connectivity index (χ0v) is 8.17. The molecule has 3 nitrogen and oxygen atoms in total. The van der Waals surface area contributed by atoms with Gasteiger partial charge in [-0.1, -0.05) is 0 Å². The average Bonchev–Trinajstić information content (AvgIpc) is 2.88. The van der Waals surface area contributed by atoms with Crippen molar-refractivity contribution in [1.29, 1.82) is 0 Å². The van der Waals surface area contributed by atoms with Gasteiger partial charge in [0.1, 0.15) is 5.82 Å². The second kappa shape index (κ2) is 3.32. The molecular weight excluding hydrogens is 162 g/mol. The first-order valence-corrected chi connectivity index (χ1v) is 4.89. The van der Waals surface area contributed by atoms with Crippen LogP contribution in [0.25, 0.3) is 0 Å². The average molecular weight is 177 g/mol. The highest BCUT2D eigenvalue weighted by atomic mass is 15.2. The summed E-state index contributed by atoms with van der Waals surface area (Å²) < 4.78 is 0. The van der Waals surface area contributed by atoms with E-state index in [2.05, 4.69) is 35.4 Å². The molecule has 0 radical (unpaired) electrons. The minimum Gasteiger partial charge on any atom is -0.369 e. The third-order valence-electron chi connectivity index (χ3n) is 2.34. The van der Waals surface area contributed by atoms with Gasteiger partial charge in [-0.3, -0.25) is 0 Å². The van der Waals surface area contributed by atoms with Gasteiger partial charge in [-0.05, 0) is 38.3 Å². The van der Waals surface area contributed by atoms with Gasteiger partial charge < -0.3 is 5.32 Å². The monoisotopic (exact) mass is 177 g/mol. The first-order valence-electron chi connectivity index (χ1n) is 4.89. The van der Waals surface area contributed by atoms with E-state index in [1.165, 1.54) is 24.1 Å². The molecule has 1 aliphatic rings. The Morgan fingerprint density at radius 1 is 1.46 bits per heavy atom. The Balaban J connectivity index is 2.21. The van der Waals surface area contributed by atoms with E-state index in [9.17, 15) is 0 Å². The van der Waals surface area contributed by atoms with Crippen molar-refractivity contribution in [1.82, 2.24) is 10.2 Å². The summed E-state index contributed by atoms with van der Waals surface area (Å²) >= 11 is 0. The van der Waals surface area contributed by atoms with Crippen molar-refractivity contribution >= 4 is 5.82 Å². The molecule has 1 fully saturated rings. The zero-order valence-electron chi connectivity index (χ0n) is 8.17. The number of rotatable bonds is 3. The molecule has 70 valence electrons. The Labute approximate surface area is 78.6 Å². The third kappa shape index (κ3) is 1.79. The van der Waals surface area contributed by atoms with Crippen molar-refractivity contribution in [3.63, 3.8) is 0 Å². The predicted molar refractivity (Wildman–Crippen MR) is 52.9 cm³/mol. The fraction of sp³-hybridized carbons (Fsp3) is 0.600. The minimum absolute atomic E-state index is 0.697. The molecule has 0 unspecified atom stereocenters. The Hall–Kier alpha value is -1.12. The van der Waals surface area contributed by atoms with E-state index in [1.54, 1.807) is 0 Å². The van der Waals surface area contributed by atoms with Gasteiger partial charge >= 0.3 is 0 Å². The van der Waals surface area contributed by atoms with Crippen LogP contribution in [-0.4, -0.2) is 16.7 Å². The van der Waals surface area contributed by atoms with Crippen LogP contribution in [0.5, 0.6) is 0 Å². The van der Waals surface area contributed by atoms with Crippen LogP contribution in [0.2, 0.25) is 0 Å². The van der Waals surface area contributed by atoms with Crippen molar-refractivity contribution in [3.8, 4) is 0 Å². The molecule has 0 saturated heterocycles. The van der Waals surface area contributed by atoms with Gasteiger partial charge in [0.05, 0.1) is 5.69 Å². The van der Waals surface area contributed by atoms with Gasteiger partial charge in [-0.15, -0.1) is 5.10 Å². The van der Waals surface area contributed by atoms with Crippen LogP contribution < -0.4 is 5.32 Å². The van der Waals surface area contributed by atoms with Crippen LogP contribution in [0.15, 0.2) is 6.07 Å². The number of nitrogens with zero attached hydrogens (tertiary/aromatic N) is 2. The van der Waals surface area contributed by atoms with Crippen LogP contribution in [0.1, 0.15) is 36.9 Å². The molecule has 3 heteroatoms. The van der Waals surface area contributed by atoms with Gasteiger partial charge in [0.15, 0.2) is 0 Å². The molecule has 0 spiro atoms. The maximum absolute atomic E-state index is 4.25. The highest BCUT2D eigenvalue weighted by Crippen LogP contribution is 2.40. The lowest BCUT2D eigenvalue weighted by Gasteiger charge is -2.05. The van der Waals surface area contributed by atoms with Gasteiger partial charge in [-0.2, -0.15) is 5.10 Å². The van der Waals surface area contributed by atoms with Crippen LogP contribution in [-0.2, 0) is 0 Å². The molecule has 1 aromatic rings. The number of hydrogen-bond donors (Lipinski definition) is 1. The first-order chi connectivity index (χ1) is 6.31. The quantitative estimate of drug-likeness (QED) is 0.768. The summed E-state index contributed by atoms with van der Waals surface area (Å²) in [5.74, 6) is 1.59. The summed E-state index contributed by atoms with van der Waals surface area (Å²) in [6.45, 7) is 5.08. The zero-order chi connectivity index (χ0) is 9.26. The van der Waals surface area contributed by atoms with Crippen LogP contribution >= 0.6 is 0 Å².